The van der Waals surface area contributed by atoms with Gasteiger partial charge >= 0.3 is 51.4 Å². The summed E-state index contributed by atoms with van der Waals surface area (Å²) in [5, 5.41) is 11.0. The zero-order chi connectivity index (χ0) is 9.14. The van der Waals surface area contributed by atoms with Crippen molar-refractivity contribution in [2.24, 2.45) is 0 Å². The second kappa shape index (κ2) is 6.40. The largest absolute Gasteiger partial charge is 1.00 e. The number of carbonyl (C=O) groups is 1. The molecule has 0 amide bonds. The predicted octanol–water partition coefficient (Wildman–Crippen LogP) is -1.71. The number of hydrogen-bond donors (Lipinski definition) is 0. The van der Waals surface area contributed by atoms with E-state index in [-0.39, 0.29) is 57.8 Å². The third-order valence-electron chi connectivity index (χ3n) is 1.33. The number of halogens is 2. The summed E-state index contributed by atoms with van der Waals surface area (Å²) in [5.41, 5.74) is 0.587. The third-order valence-corrected chi connectivity index (χ3v) is 2.07. The van der Waals surface area contributed by atoms with E-state index in [0.29, 0.717) is 15.6 Å². The van der Waals surface area contributed by atoms with Crippen LogP contribution in [0, 0.1) is 0 Å². The van der Waals surface area contributed by atoms with Crippen LogP contribution in [0.2, 0.25) is 10.0 Å². The Morgan fingerprint density at radius 1 is 1.31 bits per heavy atom. The first-order valence-electron chi connectivity index (χ1n) is 3.23. The Hall–Kier alpha value is 0.906. The van der Waals surface area contributed by atoms with Gasteiger partial charge in [0.1, 0.15) is 0 Å². The first-order valence-corrected chi connectivity index (χ1v) is 3.99. The van der Waals surface area contributed by atoms with Crippen LogP contribution in [-0.2, 0) is 11.2 Å². The molecule has 0 aliphatic carbocycles. The summed E-state index contributed by atoms with van der Waals surface area (Å²) < 4.78 is 0. The number of carboxylic acids is 1. The molecule has 0 N–H and O–H groups in total. The van der Waals surface area contributed by atoms with Gasteiger partial charge in [0.25, 0.3) is 0 Å². The van der Waals surface area contributed by atoms with Crippen LogP contribution in [0.4, 0.5) is 0 Å². The summed E-state index contributed by atoms with van der Waals surface area (Å²) in [6.07, 6.45) is -0.142. The van der Waals surface area contributed by atoms with Crippen molar-refractivity contribution in [3.05, 3.63) is 33.8 Å². The normalized spacial score (nSPS) is 9.08. The smallest absolute Gasteiger partial charge is 0.550 e. The van der Waals surface area contributed by atoms with Crippen molar-refractivity contribution in [1.29, 1.82) is 0 Å². The Balaban J connectivity index is 0.00000144. The first-order chi connectivity index (χ1) is 5.59. The summed E-state index contributed by atoms with van der Waals surface area (Å²) >= 11 is 11.3. The maximum Gasteiger partial charge on any atom is 1.00 e. The summed E-state index contributed by atoms with van der Waals surface area (Å²) in [6, 6.07) is 4.67. The van der Waals surface area contributed by atoms with Gasteiger partial charge in [0.05, 0.1) is 10.0 Å². The SMILES string of the molecule is O=C([O-])Cc1ccc(Cl)c(Cl)c1.[K+]. The van der Waals surface area contributed by atoms with Gasteiger partial charge in [-0.2, -0.15) is 0 Å². The van der Waals surface area contributed by atoms with Crippen LogP contribution in [0.5, 0.6) is 0 Å². The number of carboxylic acid groups (broad SMARTS) is 1. The van der Waals surface area contributed by atoms with Crippen LogP contribution in [0.3, 0.4) is 0 Å². The van der Waals surface area contributed by atoms with Crippen molar-refractivity contribution in [2.45, 2.75) is 6.42 Å². The number of benzene rings is 1. The predicted molar refractivity (Wildman–Crippen MR) is 45.2 cm³/mol. The molecule has 1 aromatic carbocycles. The Labute approximate surface area is 129 Å². The minimum Gasteiger partial charge on any atom is -0.550 e. The maximum absolute atomic E-state index is 10.2. The van der Waals surface area contributed by atoms with Crippen LogP contribution in [0.15, 0.2) is 18.2 Å². The standard InChI is InChI=1S/C8H6Cl2O2.K/c9-6-2-1-5(3-7(6)10)4-8(11)12;/h1-3H,4H2,(H,11,12);/q;+1/p-1. The van der Waals surface area contributed by atoms with E-state index in [9.17, 15) is 9.90 Å². The first kappa shape index (κ1) is 13.9. The van der Waals surface area contributed by atoms with Gasteiger partial charge in [-0.05, 0) is 17.7 Å². The van der Waals surface area contributed by atoms with Crippen LogP contribution in [0.1, 0.15) is 5.56 Å². The van der Waals surface area contributed by atoms with E-state index in [0.717, 1.165) is 0 Å². The van der Waals surface area contributed by atoms with Crippen molar-refractivity contribution in [3.63, 3.8) is 0 Å². The number of aliphatic carboxylic acids is 1. The molecule has 13 heavy (non-hydrogen) atoms. The van der Waals surface area contributed by atoms with Crippen LogP contribution >= 0.6 is 23.2 Å². The molecule has 2 nitrogen and oxygen atoms in total. The summed E-state index contributed by atoms with van der Waals surface area (Å²) in [4.78, 5) is 10.2. The van der Waals surface area contributed by atoms with E-state index in [1.54, 1.807) is 12.1 Å². The molecule has 0 heterocycles. The van der Waals surface area contributed by atoms with Crippen molar-refractivity contribution < 1.29 is 61.3 Å². The fraction of sp³-hybridized carbons (Fsp3) is 0.125. The molecular weight excluding hydrogens is 238 g/mol. The monoisotopic (exact) mass is 242 g/mol. The molecule has 0 aromatic heterocycles. The fourth-order valence-electron chi connectivity index (χ4n) is 0.816. The van der Waals surface area contributed by atoms with Gasteiger partial charge in [-0.3, -0.25) is 0 Å². The van der Waals surface area contributed by atoms with E-state index in [4.69, 9.17) is 23.2 Å². The average Bonchev–Trinajstić information content (AvgIpc) is 1.96. The Morgan fingerprint density at radius 2 is 1.92 bits per heavy atom. The van der Waals surface area contributed by atoms with Crippen molar-refractivity contribution >= 4 is 29.2 Å². The maximum atomic E-state index is 10.2. The molecule has 1 aromatic rings. The summed E-state index contributed by atoms with van der Waals surface area (Å²) in [7, 11) is 0. The number of hydrogen-bond acceptors (Lipinski definition) is 2. The summed E-state index contributed by atoms with van der Waals surface area (Å²) in [6.45, 7) is 0. The number of rotatable bonds is 2. The zero-order valence-electron chi connectivity index (χ0n) is 7.01. The molecule has 0 fully saturated rings. The molecule has 1 rings (SSSR count). The van der Waals surface area contributed by atoms with Gasteiger partial charge in [0.2, 0.25) is 0 Å². The van der Waals surface area contributed by atoms with Crippen molar-refractivity contribution in [3.8, 4) is 0 Å². The molecule has 0 unspecified atom stereocenters. The molecule has 0 aliphatic heterocycles. The molecule has 0 atom stereocenters. The molecule has 0 saturated carbocycles. The molecule has 0 aliphatic rings. The van der Waals surface area contributed by atoms with Gasteiger partial charge in [-0.25, -0.2) is 0 Å². The zero-order valence-corrected chi connectivity index (χ0v) is 11.6. The van der Waals surface area contributed by atoms with Crippen molar-refractivity contribution in [1.82, 2.24) is 0 Å². The van der Waals surface area contributed by atoms with Crippen LogP contribution < -0.4 is 56.5 Å². The molecule has 0 radical (unpaired) electrons. The molecule has 64 valence electrons. The van der Waals surface area contributed by atoms with E-state index >= 15 is 0 Å². The number of carbonyl (C=O) groups excluding carboxylic acids is 1. The minimum atomic E-state index is -1.13. The quantitative estimate of drug-likeness (QED) is 0.580. The van der Waals surface area contributed by atoms with Gasteiger partial charge in [-0.1, -0.05) is 29.3 Å². The van der Waals surface area contributed by atoms with E-state index < -0.39 is 5.97 Å². The Morgan fingerprint density at radius 3 is 2.38 bits per heavy atom. The van der Waals surface area contributed by atoms with Crippen LogP contribution in [0.25, 0.3) is 0 Å². The van der Waals surface area contributed by atoms with Gasteiger partial charge in [0.15, 0.2) is 0 Å². The van der Waals surface area contributed by atoms with E-state index in [1.807, 2.05) is 0 Å². The second-order valence-electron chi connectivity index (χ2n) is 2.30. The molecule has 0 spiro atoms. The Kier molecular flexibility index (Phi) is 6.85. The Bertz CT molecular complexity index is 315. The van der Waals surface area contributed by atoms with E-state index in [1.165, 1.54) is 6.07 Å². The fourth-order valence-corrected chi connectivity index (χ4v) is 1.14. The topological polar surface area (TPSA) is 40.1 Å². The van der Waals surface area contributed by atoms with E-state index in [2.05, 4.69) is 0 Å². The average molecular weight is 243 g/mol. The molecule has 0 saturated heterocycles. The van der Waals surface area contributed by atoms with Crippen LogP contribution in [-0.4, -0.2) is 5.97 Å². The van der Waals surface area contributed by atoms with Gasteiger partial charge in [0, 0.05) is 12.4 Å². The minimum absolute atomic E-state index is 0. The molecular formula is C8H5Cl2KO2. The van der Waals surface area contributed by atoms with Gasteiger partial charge in [-0.15, -0.1) is 0 Å². The second-order valence-corrected chi connectivity index (χ2v) is 3.11. The van der Waals surface area contributed by atoms with Gasteiger partial charge < -0.3 is 9.90 Å². The third kappa shape index (κ3) is 4.79. The molecule has 5 heteroatoms. The molecule has 0 bridgehead atoms. The van der Waals surface area contributed by atoms with Crippen molar-refractivity contribution in [2.75, 3.05) is 0 Å². The summed E-state index contributed by atoms with van der Waals surface area (Å²) in [5.74, 6) is -1.13.